The van der Waals surface area contributed by atoms with Gasteiger partial charge < -0.3 is 14.5 Å². The number of halogens is 1. The van der Waals surface area contributed by atoms with Gasteiger partial charge in [0.1, 0.15) is 12.4 Å². The molecule has 0 aliphatic heterocycles. The number of carbonyl (C=O) groups excluding carboxylic acids is 1. The van der Waals surface area contributed by atoms with E-state index < -0.39 is 0 Å². The maximum Gasteiger partial charge on any atom is 0.252 e. The van der Waals surface area contributed by atoms with E-state index >= 15 is 0 Å². The SMILES string of the molecule is O=C(NCc1cccc(COCc2ccco2)c1)c1ccccc1Br. The summed E-state index contributed by atoms with van der Waals surface area (Å²) in [5, 5.41) is 2.94. The summed E-state index contributed by atoms with van der Waals surface area (Å²) in [7, 11) is 0. The van der Waals surface area contributed by atoms with Gasteiger partial charge in [0.2, 0.25) is 0 Å². The predicted molar refractivity (Wildman–Crippen MR) is 99.0 cm³/mol. The van der Waals surface area contributed by atoms with Crippen LogP contribution < -0.4 is 5.32 Å². The Kier molecular flexibility index (Phi) is 6.04. The molecule has 2 aromatic carbocycles. The van der Waals surface area contributed by atoms with Crippen molar-refractivity contribution in [2.75, 3.05) is 0 Å². The lowest BCUT2D eigenvalue weighted by atomic mass is 10.1. The van der Waals surface area contributed by atoms with Crippen molar-refractivity contribution in [3.05, 3.63) is 93.9 Å². The Morgan fingerprint density at radius 3 is 2.64 bits per heavy atom. The number of ether oxygens (including phenoxy) is 1. The Balaban J connectivity index is 1.53. The minimum Gasteiger partial charge on any atom is -0.467 e. The van der Waals surface area contributed by atoms with Crippen molar-refractivity contribution in [1.82, 2.24) is 5.32 Å². The number of nitrogens with one attached hydrogen (secondary N) is 1. The molecule has 25 heavy (non-hydrogen) atoms. The molecule has 1 heterocycles. The Labute approximate surface area is 154 Å². The molecule has 0 atom stereocenters. The third-order valence-corrected chi connectivity index (χ3v) is 4.35. The van der Waals surface area contributed by atoms with Gasteiger partial charge in [0, 0.05) is 11.0 Å². The number of furan rings is 1. The molecule has 128 valence electrons. The second-order valence-electron chi connectivity index (χ2n) is 5.55. The van der Waals surface area contributed by atoms with E-state index in [1.54, 1.807) is 12.3 Å². The molecule has 1 amide bonds. The third kappa shape index (κ3) is 5.05. The Morgan fingerprint density at radius 2 is 1.84 bits per heavy atom. The molecule has 4 nitrogen and oxygen atoms in total. The van der Waals surface area contributed by atoms with E-state index in [1.165, 1.54) is 0 Å². The smallest absolute Gasteiger partial charge is 0.252 e. The molecular weight excluding hydrogens is 382 g/mol. The van der Waals surface area contributed by atoms with Gasteiger partial charge in [-0.1, -0.05) is 36.4 Å². The quantitative estimate of drug-likeness (QED) is 0.626. The molecule has 5 heteroatoms. The normalized spacial score (nSPS) is 10.6. The topological polar surface area (TPSA) is 51.5 Å². The fourth-order valence-electron chi connectivity index (χ4n) is 2.42. The van der Waals surface area contributed by atoms with Gasteiger partial charge in [-0.15, -0.1) is 0 Å². The van der Waals surface area contributed by atoms with Crippen LogP contribution in [0.2, 0.25) is 0 Å². The highest BCUT2D eigenvalue weighted by Crippen LogP contribution is 2.16. The first-order valence-corrected chi connectivity index (χ1v) is 8.72. The van der Waals surface area contributed by atoms with Crippen LogP contribution >= 0.6 is 15.9 Å². The molecule has 0 radical (unpaired) electrons. The zero-order chi connectivity index (χ0) is 17.5. The molecular formula is C20H18BrNO3. The van der Waals surface area contributed by atoms with Crippen molar-refractivity contribution < 1.29 is 13.9 Å². The zero-order valence-electron chi connectivity index (χ0n) is 13.6. The Morgan fingerprint density at radius 1 is 1.00 bits per heavy atom. The van der Waals surface area contributed by atoms with Crippen molar-refractivity contribution in [2.24, 2.45) is 0 Å². The maximum atomic E-state index is 12.3. The van der Waals surface area contributed by atoms with Gasteiger partial charge in [-0.2, -0.15) is 0 Å². The fourth-order valence-corrected chi connectivity index (χ4v) is 2.88. The summed E-state index contributed by atoms with van der Waals surface area (Å²) in [6, 6.07) is 19.1. The van der Waals surface area contributed by atoms with E-state index in [1.807, 2.05) is 54.6 Å². The van der Waals surface area contributed by atoms with Crippen LogP contribution in [0.4, 0.5) is 0 Å². The Hall–Kier alpha value is -2.37. The van der Waals surface area contributed by atoms with Crippen LogP contribution in [0, 0.1) is 0 Å². The Bertz CT molecular complexity index is 830. The summed E-state index contributed by atoms with van der Waals surface area (Å²) in [6.45, 7) is 1.40. The van der Waals surface area contributed by atoms with Gasteiger partial charge in [0.05, 0.1) is 18.4 Å². The third-order valence-electron chi connectivity index (χ3n) is 3.66. The molecule has 1 aromatic heterocycles. The number of amides is 1. The van der Waals surface area contributed by atoms with Gasteiger partial charge in [0.15, 0.2) is 0 Å². The fraction of sp³-hybridized carbons (Fsp3) is 0.150. The van der Waals surface area contributed by atoms with Crippen molar-refractivity contribution in [3.8, 4) is 0 Å². The lowest BCUT2D eigenvalue weighted by Gasteiger charge is -2.09. The first-order chi connectivity index (χ1) is 12.2. The lowest BCUT2D eigenvalue weighted by Crippen LogP contribution is -2.23. The van der Waals surface area contributed by atoms with Crippen LogP contribution in [-0.2, 0) is 24.5 Å². The molecule has 0 fully saturated rings. The molecule has 0 aliphatic rings. The van der Waals surface area contributed by atoms with Gasteiger partial charge in [-0.3, -0.25) is 4.79 Å². The highest BCUT2D eigenvalue weighted by atomic mass is 79.9. The highest BCUT2D eigenvalue weighted by Gasteiger charge is 2.08. The first-order valence-electron chi connectivity index (χ1n) is 7.93. The van der Waals surface area contributed by atoms with E-state index in [-0.39, 0.29) is 5.91 Å². The van der Waals surface area contributed by atoms with Crippen molar-refractivity contribution in [1.29, 1.82) is 0 Å². The van der Waals surface area contributed by atoms with Crippen LogP contribution in [0.5, 0.6) is 0 Å². The van der Waals surface area contributed by atoms with Crippen LogP contribution in [0.1, 0.15) is 27.2 Å². The van der Waals surface area contributed by atoms with Gasteiger partial charge >= 0.3 is 0 Å². The van der Waals surface area contributed by atoms with Crippen molar-refractivity contribution >= 4 is 21.8 Å². The second-order valence-corrected chi connectivity index (χ2v) is 6.41. The monoisotopic (exact) mass is 399 g/mol. The molecule has 3 aromatic rings. The number of hydrogen-bond donors (Lipinski definition) is 1. The average Bonchev–Trinajstić information content (AvgIpc) is 3.14. The van der Waals surface area contributed by atoms with E-state index in [2.05, 4.69) is 21.2 Å². The highest BCUT2D eigenvalue weighted by molar-refractivity contribution is 9.10. The van der Waals surface area contributed by atoms with Crippen molar-refractivity contribution in [3.63, 3.8) is 0 Å². The van der Waals surface area contributed by atoms with E-state index in [0.717, 1.165) is 21.4 Å². The van der Waals surface area contributed by atoms with Crippen LogP contribution in [0.3, 0.4) is 0 Å². The average molecular weight is 400 g/mol. The molecule has 0 spiro atoms. The minimum atomic E-state index is -0.105. The van der Waals surface area contributed by atoms with E-state index in [0.29, 0.717) is 25.3 Å². The molecule has 3 rings (SSSR count). The summed E-state index contributed by atoms with van der Waals surface area (Å²) in [6.07, 6.45) is 1.63. The summed E-state index contributed by atoms with van der Waals surface area (Å²) in [5.41, 5.74) is 2.71. The van der Waals surface area contributed by atoms with Gasteiger partial charge in [-0.05, 0) is 51.3 Å². The summed E-state index contributed by atoms with van der Waals surface area (Å²) in [4.78, 5) is 12.3. The second kappa shape index (κ2) is 8.65. The lowest BCUT2D eigenvalue weighted by molar-refractivity contribution is 0.0928. The number of carbonyl (C=O) groups is 1. The number of rotatable bonds is 7. The van der Waals surface area contributed by atoms with Crippen LogP contribution in [0.15, 0.2) is 75.8 Å². The summed E-state index contributed by atoms with van der Waals surface area (Å²) < 4.78 is 11.7. The van der Waals surface area contributed by atoms with Crippen molar-refractivity contribution in [2.45, 2.75) is 19.8 Å². The van der Waals surface area contributed by atoms with Crippen LogP contribution in [-0.4, -0.2) is 5.91 Å². The number of benzene rings is 2. The maximum absolute atomic E-state index is 12.3. The molecule has 0 bridgehead atoms. The first kappa shape index (κ1) is 17.5. The van der Waals surface area contributed by atoms with E-state index in [9.17, 15) is 4.79 Å². The largest absolute Gasteiger partial charge is 0.467 e. The van der Waals surface area contributed by atoms with E-state index in [4.69, 9.17) is 9.15 Å². The molecule has 0 saturated heterocycles. The summed E-state index contributed by atoms with van der Waals surface area (Å²) >= 11 is 3.39. The van der Waals surface area contributed by atoms with Gasteiger partial charge in [0.25, 0.3) is 5.91 Å². The molecule has 0 saturated carbocycles. The minimum absolute atomic E-state index is 0.105. The predicted octanol–water partition coefficient (Wildman–Crippen LogP) is 4.69. The summed E-state index contributed by atoms with van der Waals surface area (Å²) in [5.74, 6) is 0.698. The van der Waals surface area contributed by atoms with Gasteiger partial charge in [-0.25, -0.2) is 0 Å². The zero-order valence-corrected chi connectivity index (χ0v) is 15.2. The van der Waals surface area contributed by atoms with Crippen LogP contribution in [0.25, 0.3) is 0 Å². The number of hydrogen-bond acceptors (Lipinski definition) is 3. The molecule has 1 N–H and O–H groups in total. The molecule has 0 unspecified atom stereocenters. The molecule has 0 aliphatic carbocycles. The standard InChI is InChI=1S/C20H18BrNO3/c21-19-9-2-1-8-18(19)20(23)22-12-15-5-3-6-16(11-15)13-24-14-17-7-4-10-25-17/h1-11H,12-14H2,(H,22,23).